The maximum Gasteiger partial charge on any atom is 0.203 e. The molecule has 218 valence electrons. The second-order valence-electron chi connectivity index (χ2n) is 9.67. The first kappa shape index (κ1) is 32.7. The number of benzene rings is 2. The molecule has 3 nitrogen and oxygen atoms in total. The molecular formula is C33H40F4O3. The van der Waals surface area contributed by atoms with Crippen molar-refractivity contribution >= 4 is 0 Å². The Balaban J connectivity index is 0.00000178. The normalized spacial score (nSPS) is 17.1. The van der Waals surface area contributed by atoms with E-state index in [1.807, 2.05) is 6.92 Å². The van der Waals surface area contributed by atoms with Crippen LogP contribution in [-0.2, 0) is 9.47 Å². The van der Waals surface area contributed by atoms with Crippen molar-refractivity contribution in [3.05, 3.63) is 103 Å². The molecule has 0 amide bonds. The van der Waals surface area contributed by atoms with Gasteiger partial charge in [0.05, 0.1) is 20.3 Å². The molecule has 0 spiro atoms. The molecule has 1 aliphatic rings. The number of allylic oxidation sites excluding steroid dienone is 3. The molecule has 0 atom stereocenters. The molecule has 40 heavy (non-hydrogen) atoms. The molecule has 0 N–H and O–H groups in total. The fraction of sp³-hybridized carbons (Fsp3) is 0.394. The Bertz CT molecular complexity index is 1160. The Morgan fingerprint density at radius 2 is 1.52 bits per heavy atom. The first-order valence-electron chi connectivity index (χ1n) is 13.6. The molecular weight excluding hydrogens is 520 g/mol. The summed E-state index contributed by atoms with van der Waals surface area (Å²) in [5, 5.41) is 0. The Kier molecular flexibility index (Phi) is 13.6. The fourth-order valence-corrected chi connectivity index (χ4v) is 4.42. The summed E-state index contributed by atoms with van der Waals surface area (Å²) in [6.45, 7) is 14.8. The van der Waals surface area contributed by atoms with Gasteiger partial charge in [-0.05, 0) is 74.1 Å². The van der Waals surface area contributed by atoms with E-state index in [0.717, 1.165) is 12.8 Å². The molecule has 2 aromatic carbocycles. The molecule has 1 aliphatic carbocycles. The van der Waals surface area contributed by atoms with Crippen molar-refractivity contribution in [2.45, 2.75) is 58.3 Å². The van der Waals surface area contributed by atoms with Crippen LogP contribution in [0.15, 0.2) is 85.4 Å². The number of unbranched alkanes of at least 4 members (excludes halogenated alkanes) is 1. The van der Waals surface area contributed by atoms with Gasteiger partial charge in [-0.15, -0.1) is 6.58 Å². The van der Waals surface area contributed by atoms with E-state index in [0.29, 0.717) is 49.2 Å². The van der Waals surface area contributed by atoms with Crippen molar-refractivity contribution in [1.29, 1.82) is 0 Å². The molecule has 0 aromatic heterocycles. The number of hydrogen-bond donors (Lipinski definition) is 0. The molecule has 2 aromatic rings. The molecule has 0 unspecified atom stereocenters. The van der Waals surface area contributed by atoms with Gasteiger partial charge in [-0.2, -0.15) is 8.78 Å². The molecule has 0 saturated heterocycles. The Labute approximate surface area is 235 Å². The number of methoxy groups -OCH3 is 1. The highest BCUT2D eigenvalue weighted by atomic mass is 19.2. The van der Waals surface area contributed by atoms with Crippen LogP contribution in [0, 0.1) is 17.6 Å². The SMILES string of the molecule is C=C(OC)/C(F)=C(/F)C(=C)OCC1CCC(c2ccc(-c3ccc(OCCCC)cc3)c(F)c2F)CC1.C=CC. The van der Waals surface area contributed by atoms with Crippen LogP contribution >= 0.6 is 0 Å². The van der Waals surface area contributed by atoms with Crippen LogP contribution in [0.4, 0.5) is 17.6 Å². The van der Waals surface area contributed by atoms with Crippen LogP contribution in [0.25, 0.3) is 11.1 Å². The molecule has 1 fully saturated rings. The summed E-state index contributed by atoms with van der Waals surface area (Å²) in [6.07, 6.45) is 6.36. The van der Waals surface area contributed by atoms with E-state index in [1.165, 1.54) is 7.11 Å². The summed E-state index contributed by atoms with van der Waals surface area (Å²) in [4.78, 5) is 0. The molecule has 0 heterocycles. The van der Waals surface area contributed by atoms with Gasteiger partial charge in [0.2, 0.25) is 11.7 Å². The second-order valence-corrected chi connectivity index (χ2v) is 9.67. The largest absolute Gasteiger partial charge is 0.494 e. The van der Waals surface area contributed by atoms with E-state index in [4.69, 9.17) is 9.47 Å². The number of ether oxygens (including phenoxy) is 3. The van der Waals surface area contributed by atoms with Gasteiger partial charge in [0.1, 0.15) is 5.75 Å². The third kappa shape index (κ3) is 9.04. The van der Waals surface area contributed by atoms with Crippen LogP contribution in [0.2, 0.25) is 0 Å². The minimum Gasteiger partial charge on any atom is -0.494 e. The van der Waals surface area contributed by atoms with Crippen molar-refractivity contribution in [2.24, 2.45) is 5.92 Å². The van der Waals surface area contributed by atoms with Gasteiger partial charge in [0.15, 0.2) is 23.2 Å². The maximum atomic E-state index is 15.1. The van der Waals surface area contributed by atoms with Gasteiger partial charge in [0, 0.05) is 5.56 Å². The number of halogens is 4. The Morgan fingerprint density at radius 1 is 0.925 bits per heavy atom. The van der Waals surface area contributed by atoms with Gasteiger partial charge < -0.3 is 14.2 Å². The van der Waals surface area contributed by atoms with Crippen molar-refractivity contribution in [3.63, 3.8) is 0 Å². The zero-order valence-corrected chi connectivity index (χ0v) is 23.7. The van der Waals surface area contributed by atoms with E-state index < -0.39 is 34.8 Å². The first-order valence-corrected chi connectivity index (χ1v) is 13.6. The minimum atomic E-state index is -1.26. The molecule has 0 bridgehead atoms. The van der Waals surface area contributed by atoms with Crippen LogP contribution in [0.1, 0.15) is 63.9 Å². The van der Waals surface area contributed by atoms with Gasteiger partial charge in [-0.25, -0.2) is 8.78 Å². The summed E-state index contributed by atoms with van der Waals surface area (Å²) in [7, 11) is 1.18. The highest BCUT2D eigenvalue weighted by Crippen LogP contribution is 2.39. The highest BCUT2D eigenvalue weighted by Gasteiger charge is 2.27. The lowest BCUT2D eigenvalue weighted by Crippen LogP contribution is -2.19. The van der Waals surface area contributed by atoms with E-state index in [2.05, 4.69) is 31.4 Å². The van der Waals surface area contributed by atoms with Crippen molar-refractivity contribution in [1.82, 2.24) is 0 Å². The van der Waals surface area contributed by atoms with Gasteiger partial charge in [-0.1, -0.05) is 56.8 Å². The van der Waals surface area contributed by atoms with Crippen molar-refractivity contribution in [3.8, 4) is 16.9 Å². The Hall–Kier alpha value is -3.48. The molecule has 7 heteroatoms. The predicted molar refractivity (Wildman–Crippen MR) is 153 cm³/mol. The average molecular weight is 561 g/mol. The standard InChI is InChI=1S/C30H34F4O3.C3H6/c1-5-6-17-36-24-13-11-23(12-14-24)26-16-15-25(29(33)30(26)34)22-9-7-21(8-10-22)18-37-20(3)28(32)27(31)19(2)35-4;1-3-2/h11-16,21-22H,2-3,5-10,17-18H2,1,4H3;3H,1H2,2H3/b28-27-;. The smallest absolute Gasteiger partial charge is 0.203 e. The average Bonchev–Trinajstić information content (AvgIpc) is 2.97. The first-order chi connectivity index (χ1) is 19.2. The predicted octanol–water partition coefficient (Wildman–Crippen LogP) is 10.1. The quantitative estimate of drug-likeness (QED) is 0.0850. The maximum absolute atomic E-state index is 15.1. The Morgan fingerprint density at radius 3 is 2.10 bits per heavy atom. The lowest BCUT2D eigenvalue weighted by atomic mass is 9.78. The van der Waals surface area contributed by atoms with Gasteiger partial charge >= 0.3 is 0 Å². The summed E-state index contributed by atoms with van der Waals surface area (Å²) in [5.41, 5.74) is 1.15. The molecule has 3 rings (SSSR count). The monoisotopic (exact) mass is 560 g/mol. The van der Waals surface area contributed by atoms with Gasteiger partial charge in [0.25, 0.3) is 0 Å². The lowest BCUT2D eigenvalue weighted by Gasteiger charge is -2.29. The zero-order valence-electron chi connectivity index (χ0n) is 23.7. The fourth-order valence-electron chi connectivity index (χ4n) is 4.42. The van der Waals surface area contributed by atoms with Crippen LogP contribution < -0.4 is 4.74 Å². The minimum absolute atomic E-state index is 0.0692. The highest BCUT2D eigenvalue weighted by molar-refractivity contribution is 5.65. The van der Waals surface area contributed by atoms with Crippen LogP contribution in [0.3, 0.4) is 0 Å². The summed E-state index contributed by atoms with van der Waals surface area (Å²) >= 11 is 0. The van der Waals surface area contributed by atoms with Crippen LogP contribution in [-0.4, -0.2) is 20.3 Å². The van der Waals surface area contributed by atoms with Crippen LogP contribution in [0.5, 0.6) is 5.75 Å². The van der Waals surface area contributed by atoms with Crippen molar-refractivity contribution in [2.75, 3.05) is 20.3 Å². The third-order valence-corrected chi connectivity index (χ3v) is 6.75. The van der Waals surface area contributed by atoms with Gasteiger partial charge in [-0.3, -0.25) is 0 Å². The number of hydrogen-bond acceptors (Lipinski definition) is 3. The second kappa shape index (κ2) is 16.6. The molecule has 0 aliphatic heterocycles. The topological polar surface area (TPSA) is 27.7 Å². The summed E-state index contributed by atoms with van der Waals surface area (Å²) in [6, 6.07) is 10.3. The molecule has 0 radical (unpaired) electrons. The molecule has 1 saturated carbocycles. The van der Waals surface area contributed by atoms with E-state index in [-0.39, 0.29) is 24.0 Å². The van der Waals surface area contributed by atoms with Crippen molar-refractivity contribution < 1.29 is 31.8 Å². The summed E-state index contributed by atoms with van der Waals surface area (Å²) < 4.78 is 73.5. The third-order valence-electron chi connectivity index (χ3n) is 6.75. The number of rotatable bonds is 12. The lowest BCUT2D eigenvalue weighted by molar-refractivity contribution is 0.135. The van der Waals surface area contributed by atoms with E-state index in [9.17, 15) is 8.78 Å². The summed E-state index contributed by atoms with van der Waals surface area (Å²) in [5.74, 6) is -4.43. The van der Waals surface area contributed by atoms with E-state index >= 15 is 8.78 Å². The van der Waals surface area contributed by atoms with E-state index in [1.54, 1.807) is 42.5 Å². The zero-order chi connectivity index (χ0) is 29.7.